The Morgan fingerprint density at radius 2 is 2.20 bits per heavy atom. The molecule has 0 saturated carbocycles. The van der Waals surface area contributed by atoms with E-state index in [0.29, 0.717) is 24.1 Å². The molecule has 0 radical (unpaired) electrons. The fourth-order valence-electron chi connectivity index (χ4n) is 4.38. The topological polar surface area (TPSA) is 114 Å². The lowest BCUT2D eigenvalue weighted by molar-refractivity contribution is 0.0695. The third-order valence-electron chi connectivity index (χ3n) is 5.85. The molecule has 3 aromatic rings. The van der Waals surface area contributed by atoms with Crippen LogP contribution < -0.4 is 16.1 Å². The van der Waals surface area contributed by atoms with Crippen LogP contribution in [0.5, 0.6) is 0 Å². The van der Waals surface area contributed by atoms with Crippen molar-refractivity contribution < 1.29 is 14.3 Å². The van der Waals surface area contributed by atoms with Crippen LogP contribution in [0.2, 0.25) is 0 Å². The van der Waals surface area contributed by atoms with E-state index in [0.717, 1.165) is 12.5 Å². The first-order valence-electron chi connectivity index (χ1n) is 9.50. The number of allylic oxidation sites excluding steroid dienone is 1. The van der Waals surface area contributed by atoms with Crippen molar-refractivity contribution in [2.24, 2.45) is 17.6 Å². The average molecular weight is 427 g/mol. The third kappa shape index (κ3) is 2.91. The first-order chi connectivity index (χ1) is 14.4. The molecule has 8 nitrogen and oxygen atoms in total. The summed E-state index contributed by atoms with van der Waals surface area (Å²) in [5, 5.41) is 11.5. The highest BCUT2D eigenvalue weighted by Crippen LogP contribution is 2.36. The van der Waals surface area contributed by atoms with Gasteiger partial charge in [-0.3, -0.25) is 9.36 Å². The van der Waals surface area contributed by atoms with Crippen LogP contribution in [0, 0.1) is 17.7 Å². The molecule has 0 unspecified atom stereocenters. The number of fused-ring (bicyclic) bond motifs is 2. The number of aromatic carboxylic acids is 1. The fraction of sp³-hybridized carbons (Fsp3) is 0.300. The van der Waals surface area contributed by atoms with Gasteiger partial charge in [0.1, 0.15) is 5.56 Å². The fourth-order valence-corrected chi connectivity index (χ4v) is 5.00. The van der Waals surface area contributed by atoms with Crippen LogP contribution in [0.15, 0.2) is 40.8 Å². The van der Waals surface area contributed by atoms with Crippen molar-refractivity contribution in [3.63, 3.8) is 0 Å². The molecule has 10 heteroatoms. The number of hydrogen-bond donors (Lipinski definition) is 2. The van der Waals surface area contributed by atoms with Gasteiger partial charge >= 0.3 is 5.97 Å². The van der Waals surface area contributed by atoms with E-state index >= 15 is 4.39 Å². The van der Waals surface area contributed by atoms with Crippen LogP contribution in [0.3, 0.4) is 0 Å². The van der Waals surface area contributed by atoms with Gasteiger partial charge in [-0.15, -0.1) is 11.3 Å². The number of halogens is 1. The van der Waals surface area contributed by atoms with E-state index in [-0.39, 0.29) is 28.8 Å². The molecule has 5 rings (SSSR count). The Kier molecular flexibility index (Phi) is 4.40. The van der Waals surface area contributed by atoms with Gasteiger partial charge in [0.15, 0.2) is 22.4 Å². The highest BCUT2D eigenvalue weighted by Gasteiger charge is 2.38. The molecule has 1 fully saturated rings. The van der Waals surface area contributed by atoms with E-state index in [2.05, 4.69) is 16.0 Å². The zero-order valence-corrected chi connectivity index (χ0v) is 16.6. The molecular formula is C20H18FN5O3S. The number of rotatable bonds is 3. The minimum Gasteiger partial charge on any atom is -0.477 e. The number of pyridine rings is 2. The van der Waals surface area contributed by atoms with Crippen molar-refractivity contribution in [3.8, 4) is 5.13 Å². The Balaban J connectivity index is 1.68. The summed E-state index contributed by atoms with van der Waals surface area (Å²) in [5.74, 6) is -1.38. The molecule has 1 aliphatic carbocycles. The maximum absolute atomic E-state index is 15.1. The lowest BCUT2D eigenvalue weighted by Gasteiger charge is -2.25. The number of thiazole rings is 1. The number of carbonyl (C=O) groups is 1. The molecule has 0 amide bonds. The Hall–Kier alpha value is -3.11. The summed E-state index contributed by atoms with van der Waals surface area (Å²) in [6.45, 7) is 1.19. The Bertz CT molecular complexity index is 1240. The van der Waals surface area contributed by atoms with Gasteiger partial charge in [-0.25, -0.2) is 19.2 Å². The van der Waals surface area contributed by atoms with Gasteiger partial charge in [-0.05, 0) is 24.3 Å². The van der Waals surface area contributed by atoms with Crippen molar-refractivity contribution in [2.75, 3.05) is 18.0 Å². The SMILES string of the molecule is N[C@H]1C=CC[C@H]2CN(c3nc4c(cc3F)c(=O)c(C(=O)O)cn4-c3nccs3)C[C@H]21. The zero-order chi connectivity index (χ0) is 21.0. The summed E-state index contributed by atoms with van der Waals surface area (Å²) in [6.07, 6.45) is 7.70. The Morgan fingerprint density at radius 1 is 1.37 bits per heavy atom. The van der Waals surface area contributed by atoms with E-state index in [1.807, 2.05) is 11.0 Å². The van der Waals surface area contributed by atoms with Crippen LogP contribution in [-0.4, -0.2) is 44.7 Å². The summed E-state index contributed by atoms with van der Waals surface area (Å²) in [6, 6.07) is 1.00. The van der Waals surface area contributed by atoms with Gasteiger partial charge < -0.3 is 15.7 Å². The predicted octanol–water partition coefficient (Wildman–Crippen LogP) is 2.02. The minimum absolute atomic E-state index is 0.0797. The molecule has 3 atom stereocenters. The lowest BCUT2D eigenvalue weighted by Crippen LogP contribution is -2.35. The standard InChI is InChI=1S/C20H18FN5O3S/c21-14-6-11-16(27)13(19(28)29)9-26(20-23-4-5-30-20)17(11)24-18(14)25-7-10-2-1-3-15(22)12(10)8-25/h1,3-6,9-10,12,15H,2,7-8,22H2,(H,28,29)/t10-,12+,15-/m0/s1. The summed E-state index contributed by atoms with van der Waals surface area (Å²) >= 11 is 1.26. The van der Waals surface area contributed by atoms with Crippen molar-refractivity contribution in [3.05, 3.63) is 57.6 Å². The van der Waals surface area contributed by atoms with E-state index < -0.39 is 22.8 Å². The second-order valence-electron chi connectivity index (χ2n) is 7.60. The second-order valence-corrected chi connectivity index (χ2v) is 8.47. The molecule has 0 bridgehead atoms. The molecule has 4 heterocycles. The molecule has 0 spiro atoms. The first-order valence-corrected chi connectivity index (χ1v) is 10.4. The largest absolute Gasteiger partial charge is 0.477 e. The molecule has 1 aliphatic heterocycles. The highest BCUT2D eigenvalue weighted by atomic mass is 32.1. The number of hydrogen-bond acceptors (Lipinski definition) is 7. The van der Waals surface area contributed by atoms with Crippen LogP contribution in [0.1, 0.15) is 16.8 Å². The van der Waals surface area contributed by atoms with Gasteiger partial charge in [0, 0.05) is 36.9 Å². The van der Waals surface area contributed by atoms with Crippen molar-refractivity contribution in [1.82, 2.24) is 14.5 Å². The minimum atomic E-state index is -1.39. The van der Waals surface area contributed by atoms with E-state index in [4.69, 9.17) is 5.73 Å². The van der Waals surface area contributed by atoms with E-state index in [1.54, 1.807) is 11.6 Å². The van der Waals surface area contributed by atoms with Gasteiger partial charge in [0.05, 0.1) is 5.39 Å². The maximum atomic E-state index is 15.1. The molecule has 2 aliphatic rings. The smallest absolute Gasteiger partial charge is 0.341 e. The summed E-state index contributed by atoms with van der Waals surface area (Å²) in [5.41, 5.74) is 5.15. The molecule has 30 heavy (non-hydrogen) atoms. The molecule has 3 aromatic heterocycles. The normalized spacial score (nSPS) is 23.1. The second kappa shape index (κ2) is 6.99. The first kappa shape index (κ1) is 18.9. The molecule has 0 aromatic carbocycles. The van der Waals surface area contributed by atoms with Crippen molar-refractivity contribution in [1.29, 1.82) is 0 Å². The number of anilines is 1. The molecule has 1 saturated heterocycles. The summed E-state index contributed by atoms with van der Waals surface area (Å²) in [7, 11) is 0. The van der Waals surface area contributed by atoms with E-state index in [1.165, 1.54) is 22.1 Å². The monoisotopic (exact) mass is 427 g/mol. The molecule has 3 N–H and O–H groups in total. The summed E-state index contributed by atoms with van der Waals surface area (Å²) < 4.78 is 16.5. The van der Waals surface area contributed by atoms with Gasteiger partial charge in [-0.2, -0.15) is 0 Å². The lowest BCUT2D eigenvalue weighted by atomic mass is 9.83. The maximum Gasteiger partial charge on any atom is 0.341 e. The Labute approximate surface area is 174 Å². The highest BCUT2D eigenvalue weighted by molar-refractivity contribution is 7.12. The van der Waals surface area contributed by atoms with Crippen LogP contribution >= 0.6 is 11.3 Å². The number of carboxylic acids is 1. The van der Waals surface area contributed by atoms with E-state index in [9.17, 15) is 14.7 Å². The molecule has 154 valence electrons. The van der Waals surface area contributed by atoms with Crippen molar-refractivity contribution in [2.45, 2.75) is 12.5 Å². The average Bonchev–Trinajstić information content (AvgIpc) is 3.38. The zero-order valence-electron chi connectivity index (χ0n) is 15.7. The van der Waals surface area contributed by atoms with Crippen LogP contribution in [0.25, 0.3) is 16.2 Å². The van der Waals surface area contributed by atoms with Gasteiger partial charge in [0.2, 0.25) is 5.43 Å². The van der Waals surface area contributed by atoms with Gasteiger partial charge in [0.25, 0.3) is 0 Å². The Morgan fingerprint density at radius 3 is 2.90 bits per heavy atom. The third-order valence-corrected chi connectivity index (χ3v) is 6.62. The number of aromatic nitrogens is 3. The number of carboxylic acid groups (broad SMARTS) is 1. The predicted molar refractivity (Wildman–Crippen MR) is 111 cm³/mol. The van der Waals surface area contributed by atoms with Crippen molar-refractivity contribution >= 4 is 34.2 Å². The number of nitrogens with two attached hydrogens (primary N) is 1. The van der Waals surface area contributed by atoms with Gasteiger partial charge in [-0.1, -0.05) is 12.2 Å². The van der Waals surface area contributed by atoms with Crippen LogP contribution in [0.4, 0.5) is 10.2 Å². The quantitative estimate of drug-likeness (QED) is 0.615. The number of nitrogens with zero attached hydrogens (tertiary/aromatic N) is 4. The van der Waals surface area contributed by atoms with Crippen LogP contribution in [-0.2, 0) is 0 Å². The molecular weight excluding hydrogens is 409 g/mol. The summed E-state index contributed by atoms with van der Waals surface area (Å²) in [4.78, 5) is 34.8.